The van der Waals surface area contributed by atoms with E-state index in [2.05, 4.69) is 20.7 Å². The van der Waals surface area contributed by atoms with Gasteiger partial charge in [0.05, 0.1) is 5.69 Å². The topological polar surface area (TPSA) is 91.8 Å². The molecule has 164 valence electrons. The van der Waals surface area contributed by atoms with Crippen molar-refractivity contribution in [2.45, 2.75) is 19.4 Å². The van der Waals surface area contributed by atoms with E-state index in [-0.39, 0.29) is 17.4 Å². The predicted molar refractivity (Wildman–Crippen MR) is 121 cm³/mol. The predicted octanol–water partition coefficient (Wildman–Crippen LogP) is 3.18. The van der Waals surface area contributed by atoms with E-state index in [0.717, 1.165) is 22.0 Å². The van der Waals surface area contributed by atoms with Gasteiger partial charge in [-0.2, -0.15) is 5.10 Å². The number of amides is 2. The lowest BCUT2D eigenvalue weighted by atomic mass is 10.0. The molecule has 32 heavy (non-hydrogen) atoms. The molecule has 0 radical (unpaired) electrons. The molecule has 2 aromatic heterocycles. The maximum atomic E-state index is 13.2. The van der Waals surface area contributed by atoms with E-state index >= 15 is 0 Å². The highest BCUT2D eigenvalue weighted by Gasteiger charge is 2.24. The van der Waals surface area contributed by atoms with Crippen LogP contribution in [0.2, 0.25) is 0 Å². The van der Waals surface area contributed by atoms with Gasteiger partial charge < -0.3 is 15.6 Å². The molecule has 3 N–H and O–H groups in total. The second kappa shape index (κ2) is 9.05. The minimum atomic E-state index is -0.766. The first-order valence-corrected chi connectivity index (χ1v) is 10.4. The van der Waals surface area contributed by atoms with Crippen molar-refractivity contribution in [3.63, 3.8) is 0 Å². The van der Waals surface area contributed by atoms with E-state index in [4.69, 9.17) is 0 Å². The largest absolute Gasteiger partial charge is 0.361 e. The number of rotatable bonds is 7. The van der Waals surface area contributed by atoms with Crippen LogP contribution in [0.25, 0.3) is 22.2 Å². The Kier molecular flexibility index (Phi) is 6.02. The van der Waals surface area contributed by atoms with Crippen LogP contribution < -0.4 is 10.6 Å². The Hall–Kier alpha value is -3.94. The fourth-order valence-corrected chi connectivity index (χ4v) is 3.73. The first-order chi connectivity index (χ1) is 15.5. The SMILES string of the molecule is CCNC(=O)C(Cc1c[nH]c2ccccc12)NC(=O)c1cc(-c2ccc(F)cc2)n(C)n1. The summed E-state index contributed by atoms with van der Waals surface area (Å²) in [6.07, 6.45) is 2.19. The standard InChI is InChI=1S/C24H24FN5O2/c1-3-26-23(31)20(12-16-14-27-19-7-5-4-6-18(16)19)28-24(32)21-13-22(30(2)29-21)15-8-10-17(25)11-9-15/h4-11,13-14,20,27H,3,12H2,1-2H3,(H,26,31)(H,28,32). The smallest absolute Gasteiger partial charge is 0.272 e. The molecule has 4 rings (SSSR count). The highest BCUT2D eigenvalue weighted by atomic mass is 19.1. The number of para-hydroxylation sites is 1. The highest BCUT2D eigenvalue weighted by Crippen LogP contribution is 2.21. The van der Waals surface area contributed by atoms with Crippen molar-refractivity contribution < 1.29 is 14.0 Å². The number of fused-ring (bicyclic) bond motifs is 1. The molecular formula is C24H24FN5O2. The highest BCUT2D eigenvalue weighted by molar-refractivity contribution is 5.97. The second-order valence-corrected chi connectivity index (χ2v) is 7.53. The molecule has 0 saturated carbocycles. The van der Waals surface area contributed by atoms with Gasteiger partial charge in [-0.3, -0.25) is 14.3 Å². The van der Waals surface area contributed by atoms with Gasteiger partial charge >= 0.3 is 0 Å². The fraction of sp³-hybridized carbons (Fsp3) is 0.208. The van der Waals surface area contributed by atoms with Gasteiger partial charge in [0.25, 0.3) is 5.91 Å². The molecule has 4 aromatic rings. The zero-order chi connectivity index (χ0) is 22.7. The van der Waals surface area contributed by atoms with Crippen LogP contribution in [-0.2, 0) is 18.3 Å². The first-order valence-electron chi connectivity index (χ1n) is 10.4. The van der Waals surface area contributed by atoms with E-state index in [1.165, 1.54) is 12.1 Å². The summed E-state index contributed by atoms with van der Waals surface area (Å²) in [6.45, 7) is 2.29. The molecule has 0 bridgehead atoms. The summed E-state index contributed by atoms with van der Waals surface area (Å²) in [7, 11) is 1.71. The molecular weight excluding hydrogens is 409 g/mol. The maximum absolute atomic E-state index is 13.2. The van der Waals surface area contributed by atoms with Crippen molar-refractivity contribution in [1.82, 2.24) is 25.4 Å². The number of H-pyrrole nitrogens is 1. The Morgan fingerprint density at radius 2 is 1.91 bits per heavy atom. The fourth-order valence-electron chi connectivity index (χ4n) is 3.73. The van der Waals surface area contributed by atoms with Crippen molar-refractivity contribution in [2.24, 2.45) is 7.05 Å². The van der Waals surface area contributed by atoms with Crippen LogP contribution in [0.1, 0.15) is 23.0 Å². The number of aryl methyl sites for hydroxylation is 1. The third-order valence-electron chi connectivity index (χ3n) is 5.32. The van der Waals surface area contributed by atoms with Crippen LogP contribution in [0, 0.1) is 5.82 Å². The molecule has 2 amide bonds. The summed E-state index contributed by atoms with van der Waals surface area (Å²) in [5.74, 6) is -1.05. The molecule has 0 fully saturated rings. The summed E-state index contributed by atoms with van der Waals surface area (Å²) in [4.78, 5) is 28.9. The number of aromatic amines is 1. The normalized spacial score (nSPS) is 12.0. The summed E-state index contributed by atoms with van der Waals surface area (Å²) >= 11 is 0. The molecule has 0 aliphatic heterocycles. The number of likely N-dealkylation sites (N-methyl/N-ethyl adjacent to an activating group) is 1. The zero-order valence-electron chi connectivity index (χ0n) is 17.9. The molecule has 7 nitrogen and oxygen atoms in total. The third-order valence-corrected chi connectivity index (χ3v) is 5.32. The number of halogens is 1. The van der Waals surface area contributed by atoms with Crippen molar-refractivity contribution in [3.8, 4) is 11.3 Å². The van der Waals surface area contributed by atoms with Crippen molar-refractivity contribution in [1.29, 1.82) is 0 Å². The van der Waals surface area contributed by atoms with Gasteiger partial charge in [0, 0.05) is 37.1 Å². The van der Waals surface area contributed by atoms with Gasteiger partial charge in [-0.25, -0.2) is 4.39 Å². The Labute approximate surface area is 184 Å². The van der Waals surface area contributed by atoms with E-state index in [0.29, 0.717) is 18.7 Å². The number of benzene rings is 2. The lowest BCUT2D eigenvalue weighted by Crippen LogP contribution is -2.48. The van der Waals surface area contributed by atoms with Gasteiger partial charge in [-0.1, -0.05) is 18.2 Å². The van der Waals surface area contributed by atoms with Crippen LogP contribution in [0.3, 0.4) is 0 Å². The number of nitrogens with one attached hydrogen (secondary N) is 3. The lowest BCUT2D eigenvalue weighted by molar-refractivity contribution is -0.122. The summed E-state index contributed by atoms with van der Waals surface area (Å²) in [6, 6.07) is 14.6. The molecule has 0 aliphatic rings. The molecule has 0 spiro atoms. The van der Waals surface area contributed by atoms with E-state index in [9.17, 15) is 14.0 Å². The Bertz CT molecular complexity index is 1260. The van der Waals surface area contributed by atoms with Crippen LogP contribution >= 0.6 is 0 Å². The van der Waals surface area contributed by atoms with Gasteiger partial charge in [0.2, 0.25) is 5.91 Å². The Balaban J connectivity index is 1.57. The van der Waals surface area contributed by atoms with Crippen molar-refractivity contribution >= 4 is 22.7 Å². The number of hydrogen-bond donors (Lipinski definition) is 3. The maximum Gasteiger partial charge on any atom is 0.272 e. The minimum Gasteiger partial charge on any atom is -0.361 e. The number of nitrogens with zero attached hydrogens (tertiary/aromatic N) is 2. The quantitative estimate of drug-likeness (QED) is 0.418. The Morgan fingerprint density at radius 3 is 2.66 bits per heavy atom. The molecule has 2 heterocycles. The van der Waals surface area contributed by atoms with Gasteiger partial charge in [-0.15, -0.1) is 0 Å². The van der Waals surface area contributed by atoms with E-state index in [1.54, 1.807) is 29.9 Å². The average Bonchev–Trinajstić information content (AvgIpc) is 3.38. The average molecular weight is 433 g/mol. The third kappa shape index (κ3) is 4.39. The second-order valence-electron chi connectivity index (χ2n) is 7.53. The first kappa shape index (κ1) is 21.3. The molecule has 0 aliphatic carbocycles. The van der Waals surface area contributed by atoms with Crippen LogP contribution in [-0.4, -0.2) is 39.2 Å². The zero-order valence-corrected chi connectivity index (χ0v) is 17.9. The molecule has 1 unspecified atom stereocenters. The molecule has 8 heteroatoms. The molecule has 2 aromatic carbocycles. The number of carbonyl (C=O) groups excluding carboxylic acids is 2. The molecule has 1 atom stereocenters. The number of hydrogen-bond acceptors (Lipinski definition) is 3. The van der Waals surface area contributed by atoms with Gasteiger partial charge in [0.1, 0.15) is 11.9 Å². The summed E-state index contributed by atoms with van der Waals surface area (Å²) in [5.41, 5.74) is 3.49. The lowest BCUT2D eigenvalue weighted by Gasteiger charge is -2.17. The van der Waals surface area contributed by atoms with E-state index in [1.807, 2.05) is 37.4 Å². The van der Waals surface area contributed by atoms with Crippen LogP contribution in [0.15, 0.2) is 60.8 Å². The van der Waals surface area contributed by atoms with Crippen LogP contribution in [0.5, 0.6) is 0 Å². The van der Waals surface area contributed by atoms with Gasteiger partial charge in [-0.05, 0) is 54.4 Å². The van der Waals surface area contributed by atoms with Crippen LogP contribution in [0.4, 0.5) is 4.39 Å². The van der Waals surface area contributed by atoms with Gasteiger partial charge in [0.15, 0.2) is 5.69 Å². The molecule has 0 saturated heterocycles. The summed E-state index contributed by atoms with van der Waals surface area (Å²) < 4.78 is 14.8. The van der Waals surface area contributed by atoms with E-state index < -0.39 is 11.9 Å². The van der Waals surface area contributed by atoms with Crippen molar-refractivity contribution in [3.05, 3.63) is 77.9 Å². The van der Waals surface area contributed by atoms with Crippen molar-refractivity contribution in [2.75, 3.05) is 6.54 Å². The minimum absolute atomic E-state index is 0.181. The summed E-state index contributed by atoms with van der Waals surface area (Å²) in [5, 5.41) is 10.9. The number of carbonyl (C=O) groups is 2. The Morgan fingerprint density at radius 1 is 1.16 bits per heavy atom. The number of aromatic nitrogens is 3. The monoisotopic (exact) mass is 433 g/mol.